The van der Waals surface area contributed by atoms with E-state index >= 15 is 0 Å². The van der Waals surface area contributed by atoms with Gasteiger partial charge < -0.3 is 10.2 Å². The molecule has 100 valence electrons. The van der Waals surface area contributed by atoms with Crippen LogP contribution >= 0.6 is 12.4 Å². The molecule has 0 saturated carbocycles. The first-order valence-electron chi connectivity index (χ1n) is 6.73. The molecule has 0 aliphatic carbocycles. The Kier molecular flexibility index (Phi) is 5.74. The predicted octanol–water partition coefficient (Wildman–Crippen LogP) is 2.20. The summed E-state index contributed by atoms with van der Waals surface area (Å²) < 4.78 is 0. The number of nitrogens with zero attached hydrogens (tertiary/aromatic N) is 1. The van der Waals surface area contributed by atoms with Crippen molar-refractivity contribution in [1.29, 1.82) is 0 Å². The average molecular weight is 261 g/mol. The Labute approximate surface area is 111 Å². The Morgan fingerprint density at radius 1 is 1.47 bits per heavy atom. The Morgan fingerprint density at radius 3 is 2.82 bits per heavy atom. The lowest BCUT2D eigenvalue weighted by atomic mass is 10.1. The lowest BCUT2D eigenvalue weighted by Gasteiger charge is -2.25. The van der Waals surface area contributed by atoms with E-state index in [2.05, 4.69) is 24.1 Å². The molecule has 2 rings (SSSR count). The van der Waals surface area contributed by atoms with Crippen LogP contribution in [0.2, 0.25) is 0 Å². The minimum atomic E-state index is 0. The summed E-state index contributed by atoms with van der Waals surface area (Å²) in [6.07, 6.45) is 5.41. The van der Waals surface area contributed by atoms with Gasteiger partial charge in [0.15, 0.2) is 0 Å². The largest absolute Gasteiger partial charge is 0.339 e. The van der Waals surface area contributed by atoms with Crippen LogP contribution in [-0.4, -0.2) is 36.0 Å². The van der Waals surface area contributed by atoms with Gasteiger partial charge >= 0.3 is 0 Å². The fourth-order valence-corrected chi connectivity index (χ4v) is 3.10. The van der Waals surface area contributed by atoms with Crippen LogP contribution in [0.1, 0.15) is 46.0 Å². The normalized spacial score (nSPS) is 32.6. The number of nitrogens with one attached hydrogen (secondary N) is 1. The van der Waals surface area contributed by atoms with Crippen molar-refractivity contribution in [2.24, 2.45) is 5.92 Å². The summed E-state index contributed by atoms with van der Waals surface area (Å²) in [5, 5.41) is 3.41. The maximum atomic E-state index is 12.2. The van der Waals surface area contributed by atoms with Crippen molar-refractivity contribution < 1.29 is 4.79 Å². The van der Waals surface area contributed by atoms with Crippen LogP contribution in [0.15, 0.2) is 0 Å². The van der Waals surface area contributed by atoms with Gasteiger partial charge in [-0.3, -0.25) is 4.79 Å². The Morgan fingerprint density at radius 2 is 2.24 bits per heavy atom. The van der Waals surface area contributed by atoms with E-state index in [4.69, 9.17) is 0 Å². The maximum Gasteiger partial charge on any atom is 0.224 e. The summed E-state index contributed by atoms with van der Waals surface area (Å²) in [6, 6.07) is 0.949. The smallest absolute Gasteiger partial charge is 0.224 e. The highest BCUT2D eigenvalue weighted by Gasteiger charge is 2.32. The van der Waals surface area contributed by atoms with Crippen molar-refractivity contribution in [1.82, 2.24) is 10.2 Å². The number of carbonyl (C=O) groups is 1. The second-order valence-electron chi connectivity index (χ2n) is 5.45. The minimum Gasteiger partial charge on any atom is -0.339 e. The summed E-state index contributed by atoms with van der Waals surface area (Å²) in [4.78, 5) is 14.3. The van der Waals surface area contributed by atoms with Crippen LogP contribution in [0, 0.1) is 5.92 Å². The van der Waals surface area contributed by atoms with Crippen LogP contribution in [0.25, 0.3) is 0 Å². The molecule has 0 aromatic carbocycles. The number of amides is 1. The van der Waals surface area contributed by atoms with Crippen molar-refractivity contribution >= 4 is 18.3 Å². The quantitative estimate of drug-likeness (QED) is 0.844. The van der Waals surface area contributed by atoms with Crippen LogP contribution in [-0.2, 0) is 4.79 Å². The van der Waals surface area contributed by atoms with Gasteiger partial charge in [-0.05, 0) is 38.1 Å². The van der Waals surface area contributed by atoms with Crippen molar-refractivity contribution in [3.05, 3.63) is 0 Å². The molecular formula is C13H25ClN2O. The number of rotatable bonds is 3. The number of hydrogen-bond acceptors (Lipinski definition) is 2. The van der Waals surface area contributed by atoms with Crippen molar-refractivity contribution in [3.8, 4) is 0 Å². The summed E-state index contributed by atoms with van der Waals surface area (Å²) >= 11 is 0. The van der Waals surface area contributed by atoms with E-state index in [1.54, 1.807) is 0 Å². The van der Waals surface area contributed by atoms with Gasteiger partial charge in [0.05, 0.1) is 0 Å². The van der Waals surface area contributed by atoms with Crippen molar-refractivity contribution in [2.75, 3.05) is 13.1 Å². The average Bonchev–Trinajstić information content (AvgIpc) is 2.86. The first-order valence-corrected chi connectivity index (χ1v) is 6.73. The van der Waals surface area contributed by atoms with Crippen LogP contribution in [0.4, 0.5) is 0 Å². The molecule has 0 aromatic rings. The third kappa shape index (κ3) is 3.59. The van der Waals surface area contributed by atoms with Gasteiger partial charge in [0.1, 0.15) is 0 Å². The summed E-state index contributed by atoms with van der Waals surface area (Å²) in [5.41, 5.74) is 0. The Bertz CT molecular complexity index is 254. The second-order valence-corrected chi connectivity index (χ2v) is 5.45. The molecule has 17 heavy (non-hydrogen) atoms. The molecule has 0 spiro atoms. The number of carbonyl (C=O) groups excluding carboxylic acids is 1. The van der Waals surface area contributed by atoms with E-state index in [1.165, 1.54) is 19.3 Å². The lowest BCUT2D eigenvalue weighted by molar-refractivity contribution is -0.132. The molecule has 2 saturated heterocycles. The lowest BCUT2D eigenvalue weighted by Crippen LogP contribution is -2.38. The molecule has 4 heteroatoms. The van der Waals surface area contributed by atoms with Gasteiger partial charge in [-0.25, -0.2) is 0 Å². The fourth-order valence-electron chi connectivity index (χ4n) is 3.10. The second kappa shape index (κ2) is 6.60. The third-order valence-corrected chi connectivity index (χ3v) is 4.00. The molecule has 3 unspecified atom stereocenters. The van der Waals surface area contributed by atoms with Gasteiger partial charge in [-0.2, -0.15) is 0 Å². The molecule has 2 fully saturated rings. The number of halogens is 1. The van der Waals surface area contributed by atoms with Crippen molar-refractivity contribution in [2.45, 2.75) is 58.0 Å². The molecule has 2 aliphatic rings. The topological polar surface area (TPSA) is 32.3 Å². The van der Waals surface area contributed by atoms with E-state index in [-0.39, 0.29) is 12.4 Å². The zero-order chi connectivity index (χ0) is 11.5. The summed E-state index contributed by atoms with van der Waals surface area (Å²) in [6.45, 7) is 6.51. The Balaban J connectivity index is 0.00000144. The minimum absolute atomic E-state index is 0. The van der Waals surface area contributed by atoms with Crippen LogP contribution in [0.3, 0.4) is 0 Å². The molecular weight excluding hydrogens is 236 g/mol. The molecule has 1 N–H and O–H groups in total. The van der Waals surface area contributed by atoms with Gasteiger partial charge in [0.25, 0.3) is 0 Å². The SMILES string of the molecule is CCC1CC(C)CN1C(=O)CC1CCCN1.Cl. The highest BCUT2D eigenvalue weighted by Crippen LogP contribution is 2.26. The monoisotopic (exact) mass is 260 g/mol. The third-order valence-electron chi connectivity index (χ3n) is 4.00. The molecule has 2 heterocycles. The van der Waals surface area contributed by atoms with Gasteiger partial charge in [-0.15, -0.1) is 12.4 Å². The van der Waals surface area contributed by atoms with Crippen molar-refractivity contribution in [3.63, 3.8) is 0 Å². The molecule has 2 aliphatic heterocycles. The summed E-state index contributed by atoms with van der Waals surface area (Å²) in [5.74, 6) is 1.06. The van der Waals surface area contributed by atoms with Crippen LogP contribution < -0.4 is 5.32 Å². The van der Waals surface area contributed by atoms with E-state index in [9.17, 15) is 4.79 Å². The van der Waals surface area contributed by atoms with E-state index in [0.29, 0.717) is 30.3 Å². The predicted molar refractivity (Wildman–Crippen MR) is 72.5 cm³/mol. The van der Waals surface area contributed by atoms with E-state index < -0.39 is 0 Å². The zero-order valence-corrected chi connectivity index (χ0v) is 11.8. The maximum absolute atomic E-state index is 12.2. The molecule has 3 nitrogen and oxygen atoms in total. The zero-order valence-electron chi connectivity index (χ0n) is 10.9. The van der Waals surface area contributed by atoms with Gasteiger partial charge in [-0.1, -0.05) is 13.8 Å². The summed E-state index contributed by atoms with van der Waals surface area (Å²) in [7, 11) is 0. The van der Waals surface area contributed by atoms with E-state index in [1.807, 2.05) is 0 Å². The highest BCUT2D eigenvalue weighted by atomic mass is 35.5. The highest BCUT2D eigenvalue weighted by molar-refractivity contribution is 5.85. The first kappa shape index (κ1) is 14.8. The first-order chi connectivity index (χ1) is 7.70. The van der Waals surface area contributed by atoms with Gasteiger partial charge in [0.2, 0.25) is 5.91 Å². The number of likely N-dealkylation sites (tertiary alicyclic amines) is 1. The molecule has 0 bridgehead atoms. The fraction of sp³-hybridized carbons (Fsp3) is 0.923. The molecule has 0 radical (unpaired) electrons. The number of hydrogen-bond donors (Lipinski definition) is 1. The van der Waals surface area contributed by atoms with Crippen LogP contribution in [0.5, 0.6) is 0 Å². The molecule has 0 aromatic heterocycles. The van der Waals surface area contributed by atoms with E-state index in [0.717, 1.165) is 19.5 Å². The standard InChI is InChI=1S/C13H24N2O.ClH/c1-3-12-7-10(2)9-15(12)13(16)8-11-5-4-6-14-11;/h10-12,14H,3-9H2,1-2H3;1H. The molecule has 1 amide bonds. The van der Waals surface area contributed by atoms with Gasteiger partial charge in [0, 0.05) is 25.0 Å². The Hall–Kier alpha value is -0.280. The molecule has 3 atom stereocenters.